The Labute approximate surface area is 123 Å². The van der Waals surface area contributed by atoms with Crippen LogP contribution in [0.15, 0.2) is 54.6 Å². The molecule has 0 bridgehead atoms. The Morgan fingerprint density at radius 2 is 1.76 bits per heavy atom. The van der Waals surface area contributed by atoms with E-state index in [1.165, 1.54) is 0 Å². The lowest BCUT2D eigenvalue weighted by Crippen LogP contribution is -2.31. The Kier molecular flexibility index (Phi) is 5.60. The zero-order chi connectivity index (χ0) is 14.9. The molecule has 0 fully saturated rings. The quantitative estimate of drug-likeness (QED) is 0.801. The Hall–Kier alpha value is -2.53. The number of hydrogen-bond acceptors (Lipinski definition) is 3. The first-order valence-electron chi connectivity index (χ1n) is 6.65. The van der Waals surface area contributed by atoms with Crippen LogP contribution in [0.5, 0.6) is 11.5 Å². The fourth-order valence-corrected chi connectivity index (χ4v) is 1.71. The fraction of sp³-hybridized carbons (Fsp3) is 0.188. The minimum Gasteiger partial charge on any atom is -0.455 e. The third-order valence-electron chi connectivity index (χ3n) is 2.70. The van der Waals surface area contributed by atoms with Crippen LogP contribution >= 0.6 is 0 Å². The van der Waals surface area contributed by atoms with Crippen molar-refractivity contribution in [2.75, 3.05) is 25.6 Å². The second-order valence-electron chi connectivity index (χ2n) is 4.28. The van der Waals surface area contributed by atoms with Crippen molar-refractivity contribution in [3.63, 3.8) is 0 Å². The number of carbonyl (C=O) groups excluding carboxylic acids is 1. The van der Waals surface area contributed by atoms with Crippen molar-refractivity contribution >= 4 is 11.7 Å². The first kappa shape index (κ1) is 14.9. The topological polar surface area (TPSA) is 59.6 Å². The van der Waals surface area contributed by atoms with Gasteiger partial charge < -0.3 is 20.1 Å². The molecule has 0 aliphatic rings. The summed E-state index contributed by atoms with van der Waals surface area (Å²) in [5.74, 6) is 1.30. The molecule has 5 heteroatoms. The van der Waals surface area contributed by atoms with Crippen molar-refractivity contribution in [2.24, 2.45) is 0 Å². The van der Waals surface area contributed by atoms with Gasteiger partial charge in [0.05, 0.1) is 12.3 Å². The second-order valence-corrected chi connectivity index (χ2v) is 4.28. The van der Waals surface area contributed by atoms with Gasteiger partial charge >= 0.3 is 6.03 Å². The molecule has 2 amide bonds. The van der Waals surface area contributed by atoms with Crippen LogP contribution in [0.25, 0.3) is 0 Å². The number of ether oxygens (including phenoxy) is 2. The van der Waals surface area contributed by atoms with Crippen LogP contribution in [-0.2, 0) is 4.74 Å². The highest BCUT2D eigenvalue weighted by molar-refractivity contribution is 5.90. The van der Waals surface area contributed by atoms with Gasteiger partial charge in [-0.05, 0) is 24.3 Å². The largest absolute Gasteiger partial charge is 0.455 e. The summed E-state index contributed by atoms with van der Waals surface area (Å²) in [6.45, 7) is 0.916. The third kappa shape index (κ3) is 4.81. The molecule has 0 saturated carbocycles. The maximum Gasteiger partial charge on any atom is 0.319 e. The molecule has 0 saturated heterocycles. The van der Waals surface area contributed by atoms with E-state index in [0.717, 1.165) is 0 Å². The van der Waals surface area contributed by atoms with Gasteiger partial charge in [-0.15, -0.1) is 0 Å². The highest BCUT2D eigenvalue weighted by Crippen LogP contribution is 2.28. The molecule has 110 valence electrons. The van der Waals surface area contributed by atoms with E-state index in [1.807, 2.05) is 42.5 Å². The average Bonchev–Trinajstić information content (AvgIpc) is 2.51. The Morgan fingerprint density at radius 3 is 2.52 bits per heavy atom. The van der Waals surface area contributed by atoms with Crippen molar-refractivity contribution in [3.05, 3.63) is 54.6 Å². The van der Waals surface area contributed by atoms with E-state index in [9.17, 15) is 4.79 Å². The van der Waals surface area contributed by atoms with Crippen LogP contribution in [0.4, 0.5) is 10.5 Å². The van der Waals surface area contributed by atoms with Crippen molar-refractivity contribution in [2.45, 2.75) is 0 Å². The molecule has 0 radical (unpaired) electrons. The van der Waals surface area contributed by atoms with E-state index in [0.29, 0.717) is 30.3 Å². The molecule has 5 nitrogen and oxygen atoms in total. The van der Waals surface area contributed by atoms with Crippen LogP contribution in [0, 0.1) is 0 Å². The van der Waals surface area contributed by atoms with Crippen LogP contribution in [0.3, 0.4) is 0 Å². The SMILES string of the molecule is COCCNC(=O)Nc1ccccc1Oc1ccccc1. The highest BCUT2D eigenvalue weighted by atomic mass is 16.5. The summed E-state index contributed by atoms with van der Waals surface area (Å²) in [5.41, 5.74) is 0.608. The van der Waals surface area contributed by atoms with Gasteiger partial charge in [-0.2, -0.15) is 0 Å². The van der Waals surface area contributed by atoms with Gasteiger partial charge in [0.15, 0.2) is 5.75 Å². The summed E-state index contributed by atoms with van der Waals surface area (Å²) in [6, 6.07) is 16.4. The first-order chi connectivity index (χ1) is 10.3. The smallest absolute Gasteiger partial charge is 0.319 e. The van der Waals surface area contributed by atoms with Crippen LogP contribution in [0.2, 0.25) is 0 Å². The minimum absolute atomic E-state index is 0.295. The van der Waals surface area contributed by atoms with Crippen molar-refractivity contribution in [1.29, 1.82) is 0 Å². The molecule has 0 spiro atoms. The van der Waals surface area contributed by atoms with E-state index in [1.54, 1.807) is 19.2 Å². The lowest BCUT2D eigenvalue weighted by molar-refractivity contribution is 0.198. The minimum atomic E-state index is -0.295. The number of nitrogens with one attached hydrogen (secondary N) is 2. The summed E-state index contributed by atoms with van der Waals surface area (Å²) in [7, 11) is 1.59. The standard InChI is InChI=1S/C16H18N2O3/c1-20-12-11-17-16(19)18-14-9-5-6-10-15(14)21-13-7-3-2-4-8-13/h2-10H,11-12H2,1H3,(H2,17,18,19). The van der Waals surface area contributed by atoms with E-state index in [-0.39, 0.29) is 6.03 Å². The Bertz CT molecular complexity index is 573. The summed E-state index contributed by atoms with van der Waals surface area (Å²) in [6.07, 6.45) is 0. The number of rotatable bonds is 6. The van der Waals surface area contributed by atoms with Crippen molar-refractivity contribution in [1.82, 2.24) is 5.32 Å². The van der Waals surface area contributed by atoms with E-state index >= 15 is 0 Å². The molecule has 21 heavy (non-hydrogen) atoms. The van der Waals surface area contributed by atoms with Gasteiger partial charge in [0.1, 0.15) is 5.75 Å². The van der Waals surface area contributed by atoms with E-state index in [2.05, 4.69) is 10.6 Å². The lowest BCUT2D eigenvalue weighted by atomic mass is 10.3. The number of carbonyl (C=O) groups is 1. The van der Waals surface area contributed by atoms with Gasteiger partial charge in [-0.25, -0.2) is 4.79 Å². The molecule has 0 aliphatic carbocycles. The van der Waals surface area contributed by atoms with E-state index < -0.39 is 0 Å². The molecule has 0 atom stereocenters. The predicted molar refractivity (Wildman–Crippen MR) is 81.9 cm³/mol. The molecule has 2 rings (SSSR count). The van der Waals surface area contributed by atoms with Gasteiger partial charge in [-0.3, -0.25) is 0 Å². The van der Waals surface area contributed by atoms with Crippen LogP contribution in [-0.4, -0.2) is 26.3 Å². The number of amides is 2. The highest BCUT2D eigenvalue weighted by Gasteiger charge is 2.07. The monoisotopic (exact) mass is 286 g/mol. The van der Waals surface area contributed by atoms with Gasteiger partial charge in [0.25, 0.3) is 0 Å². The van der Waals surface area contributed by atoms with Crippen molar-refractivity contribution in [3.8, 4) is 11.5 Å². The fourth-order valence-electron chi connectivity index (χ4n) is 1.71. The maximum absolute atomic E-state index is 11.8. The molecule has 2 aromatic rings. The lowest BCUT2D eigenvalue weighted by Gasteiger charge is -2.12. The van der Waals surface area contributed by atoms with Gasteiger partial charge in [-0.1, -0.05) is 30.3 Å². The van der Waals surface area contributed by atoms with E-state index in [4.69, 9.17) is 9.47 Å². The van der Waals surface area contributed by atoms with Gasteiger partial charge in [0, 0.05) is 13.7 Å². The molecular formula is C16H18N2O3. The average molecular weight is 286 g/mol. The third-order valence-corrected chi connectivity index (χ3v) is 2.70. The molecule has 0 aliphatic heterocycles. The van der Waals surface area contributed by atoms with Gasteiger partial charge in [0.2, 0.25) is 0 Å². The summed E-state index contributed by atoms with van der Waals surface area (Å²) in [5, 5.41) is 5.45. The normalized spacial score (nSPS) is 9.95. The Balaban J connectivity index is 2.01. The van der Waals surface area contributed by atoms with Crippen LogP contribution in [0.1, 0.15) is 0 Å². The molecular weight excluding hydrogens is 268 g/mol. The van der Waals surface area contributed by atoms with Crippen LogP contribution < -0.4 is 15.4 Å². The molecule has 0 unspecified atom stereocenters. The van der Waals surface area contributed by atoms with Crippen molar-refractivity contribution < 1.29 is 14.3 Å². The number of hydrogen-bond donors (Lipinski definition) is 2. The molecule has 2 aromatic carbocycles. The zero-order valence-corrected chi connectivity index (χ0v) is 11.8. The molecule has 2 N–H and O–H groups in total. The summed E-state index contributed by atoms with van der Waals surface area (Å²) in [4.78, 5) is 11.8. The number of urea groups is 1. The number of para-hydroxylation sites is 3. The zero-order valence-electron chi connectivity index (χ0n) is 11.8. The number of benzene rings is 2. The number of methoxy groups -OCH3 is 1. The molecule has 0 heterocycles. The number of anilines is 1. The summed E-state index contributed by atoms with van der Waals surface area (Å²) >= 11 is 0. The first-order valence-corrected chi connectivity index (χ1v) is 6.65. The predicted octanol–water partition coefficient (Wildman–Crippen LogP) is 3.25. The summed E-state index contributed by atoms with van der Waals surface area (Å²) < 4.78 is 10.6. The Morgan fingerprint density at radius 1 is 1.05 bits per heavy atom. The maximum atomic E-state index is 11.8. The molecule has 0 aromatic heterocycles. The second kappa shape index (κ2) is 7.91.